The molecule has 29 heavy (non-hydrogen) atoms. The number of benzene rings is 2. The third-order valence-corrected chi connectivity index (χ3v) is 5.34. The van der Waals surface area contributed by atoms with Crippen LogP contribution >= 0.6 is 23.4 Å². The minimum absolute atomic E-state index is 0.284. The predicted molar refractivity (Wildman–Crippen MR) is 107 cm³/mol. The van der Waals surface area contributed by atoms with Crippen molar-refractivity contribution in [1.29, 1.82) is 0 Å². The van der Waals surface area contributed by atoms with Gasteiger partial charge in [-0.05, 0) is 42.5 Å². The van der Waals surface area contributed by atoms with E-state index in [0.29, 0.717) is 10.6 Å². The van der Waals surface area contributed by atoms with E-state index in [1.165, 1.54) is 24.3 Å². The molecule has 0 atom stereocenters. The Morgan fingerprint density at radius 3 is 2.62 bits per heavy atom. The fourth-order valence-electron chi connectivity index (χ4n) is 2.43. The van der Waals surface area contributed by atoms with Gasteiger partial charge in [0.2, 0.25) is 0 Å². The average molecular weight is 435 g/mol. The number of alkyl halides is 3. The molecule has 0 bridgehead atoms. The van der Waals surface area contributed by atoms with Crippen LogP contribution in [0.15, 0.2) is 71.9 Å². The first-order valence-corrected chi connectivity index (χ1v) is 9.78. The molecule has 10 heteroatoms. The molecule has 0 aliphatic rings. The lowest BCUT2D eigenvalue weighted by Gasteiger charge is -2.09. The third-order valence-electron chi connectivity index (χ3n) is 3.66. The summed E-state index contributed by atoms with van der Waals surface area (Å²) in [7, 11) is 0. The van der Waals surface area contributed by atoms with Crippen molar-refractivity contribution in [2.45, 2.75) is 11.3 Å². The van der Waals surface area contributed by atoms with Crippen LogP contribution < -0.4 is 10.2 Å². The standard InChI is InChI=1S/C19H12F3N3O2S2/c20-19(21,22)26-14-4-6-15(7-5-14)29-27-25-13-3-1-2-12(10-13)18-24-16-8-9-23-11-17(16)28-18/h1-11,25H. The number of fused-ring (bicyclic) bond motifs is 1. The Morgan fingerprint density at radius 2 is 1.86 bits per heavy atom. The van der Waals surface area contributed by atoms with Crippen LogP contribution in [-0.2, 0) is 4.28 Å². The van der Waals surface area contributed by atoms with Crippen molar-refractivity contribution < 1.29 is 22.2 Å². The van der Waals surface area contributed by atoms with Gasteiger partial charge < -0.3 is 4.74 Å². The molecular formula is C19H12F3N3O2S2. The van der Waals surface area contributed by atoms with E-state index in [9.17, 15) is 13.2 Å². The molecule has 2 aromatic heterocycles. The number of anilines is 1. The van der Waals surface area contributed by atoms with Crippen molar-refractivity contribution in [2.75, 3.05) is 5.48 Å². The summed E-state index contributed by atoms with van der Waals surface area (Å²) in [6.07, 6.45) is -1.22. The van der Waals surface area contributed by atoms with Crippen molar-refractivity contribution in [3.05, 3.63) is 67.0 Å². The molecule has 2 heterocycles. The van der Waals surface area contributed by atoms with E-state index in [1.807, 2.05) is 30.3 Å². The highest BCUT2D eigenvalue weighted by Crippen LogP contribution is 2.31. The molecule has 0 aliphatic carbocycles. The molecule has 5 nitrogen and oxygen atoms in total. The van der Waals surface area contributed by atoms with Crippen LogP contribution in [0, 0.1) is 0 Å². The third kappa shape index (κ3) is 5.17. The van der Waals surface area contributed by atoms with Crippen LogP contribution in [0.4, 0.5) is 18.9 Å². The molecule has 0 saturated carbocycles. The lowest BCUT2D eigenvalue weighted by molar-refractivity contribution is -0.274. The van der Waals surface area contributed by atoms with Gasteiger partial charge in [-0.3, -0.25) is 10.5 Å². The summed E-state index contributed by atoms with van der Waals surface area (Å²) in [6.45, 7) is 0. The SMILES string of the molecule is FC(F)(F)Oc1ccc(SONc2cccc(-c3nc4ccncc4s3)c2)cc1. The summed E-state index contributed by atoms with van der Waals surface area (Å²) >= 11 is 2.52. The van der Waals surface area contributed by atoms with Gasteiger partial charge in [-0.1, -0.05) is 12.1 Å². The predicted octanol–water partition coefficient (Wildman–Crippen LogP) is 6.31. The number of thiazole rings is 1. The number of hydrogen-bond acceptors (Lipinski definition) is 7. The van der Waals surface area contributed by atoms with Crippen molar-refractivity contribution in [3.63, 3.8) is 0 Å². The summed E-state index contributed by atoms with van der Waals surface area (Å²) in [6, 6.07) is 14.8. The number of nitrogens with one attached hydrogen (secondary N) is 1. The van der Waals surface area contributed by atoms with Crippen LogP contribution in [-0.4, -0.2) is 16.3 Å². The first-order chi connectivity index (χ1) is 14.0. The summed E-state index contributed by atoms with van der Waals surface area (Å²) in [5.41, 5.74) is 5.34. The zero-order valence-corrected chi connectivity index (χ0v) is 16.1. The molecular weight excluding hydrogens is 423 g/mol. The van der Waals surface area contributed by atoms with Crippen LogP contribution in [0.3, 0.4) is 0 Å². The Bertz CT molecular complexity index is 1080. The Hall–Kier alpha value is -2.82. The van der Waals surface area contributed by atoms with E-state index < -0.39 is 6.36 Å². The van der Waals surface area contributed by atoms with E-state index in [1.54, 1.807) is 23.7 Å². The Kier molecular flexibility index (Phi) is 5.56. The van der Waals surface area contributed by atoms with E-state index in [4.69, 9.17) is 4.28 Å². The van der Waals surface area contributed by atoms with Gasteiger partial charge in [0.15, 0.2) is 0 Å². The Labute approximate surface area is 171 Å². The first-order valence-electron chi connectivity index (χ1n) is 8.23. The van der Waals surface area contributed by atoms with Gasteiger partial charge in [0.25, 0.3) is 0 Å². The van der Waals surface area contributed by atoms with Crippen molar-refractivity contribution >= 4 is 39.3 Å². The monoisotopic (exact) mass is 435 g/mol. The zero-order valence-electron chi connectivity index (χ0n) is 14.5. The smallest absolute Gasteiger partial charge is 0.406 e. The molecule has 0 radical (unpaired) electrons. The molecule has 0 unspecified atom stereocenters. The highest BCUT2D eigenvalue weighted by molar-refractivity contribution is 7.94. The largest absolute Gasteiger partial charge is 0.573 e. The van der Waals surface area contributed by atoms with Gasteiger partial charge in [0.1, 0.15) is 10.8 Å². The maximum Gasteiger partial charge on any atom is 0.573 e. The van der Waals surface area contributed by atoms with E-state index in [-0.39, 0.29) is 5.75 Å². The second-order valence-corrected chi connectivity index (χ2v) is 7.57. The van der Waals surface area contributed by atoms with E-state index >= 15 is 0 Å². The van der Waals surface area contributed by atoms with E-state index in [0.717, 1.165) is 32.8 Å². The minimum atomic E-state index is -4.71. The van der Waals surface area contributed by atoms with Gasteiger partial charge in [-0.2, -0.15) is 4.28 Å². The van der Waals surface area contributed by atoms with Crippen LogP contribution in [0.2, 0.25) is 0 Å². The summed E-state index contributed by atoms with van der Waals surface area (Å²) < 4.78 is 46.7. The normalized spacial score (nSPS) is 11.6. The fraction of sp³-hybridized carbons (Fsp3) is 0.0526. The summed E-state index contributed by atoms with van der Waals surface area (Å²) in [4.78, 5) is 9.31. The second kappa shape index (κ2) is 8.27. The lowest BCUT2D eigenvalue weighted by Crippen LogP contribution is -2.16. The van der Waals surface area contributed by atoms with Crippen molar-refractivity contribution in [2.24, 2.45) is 0 Å². The summed E-state index contributed by atoms with van der Waals surface area (Å²) in [5.74, 6) is -0.284. The minimum Gasteiger partial charge on any atom is -0.406 e. The van der Waals surface area contributed by atoms with Gasteiger partial charge in [-0.25, -0.2) is 4.98 Å². The molecule has 0 saturated heterocycles. The molecule has 0 aliphatic heterocycles. The van der Waals surface area contributed by atoms with Crippen molar-refractivity contribution in [1.82, 2.24) is 9.97 Å². The Balaban J connectivity index is 1.37. The van der Waals surface area contributed by atoms with E-state index in [2.05, 4.69) is 20.2 Å². The molecule has 0 spiro atoms. The Morgan fingerprint density at radius 1 is 1.03 bits per heavy atom. The molecule has 4 aromatic rings. The quantitative estimate of drug-likeness (QED) is 0.283. The van der Waals surface area contributed by atoms with Crippen LogP contribution in [0.5, 0.6) is 5.75 Å². The van der Waals surface area contributed by atoms with Gasteiger partial charge in [0.05, 0.1) is 27.9 Å². The van der Waals surface area contributed by atoms with Gasteiger partial charge in [-0.15, -0.1) is 24.5 Å². The lowest BCUT2D eigenvalue weighted by atomic mass is 10.2. The molecule has 0 fully saturated rings. The number of pyridine rings is 1. The molecule has 1 N–H and O–H groups in total. The highest BCUT2D eigenvalue weighted by atomic mass is 32.2. The zero-order chi connectivity index (χ0) is 20.3. The van der Waals surface area contributed by atoms with Gasteiger partial charge >= 0.3 is 6.36 Å². The maximum absolute atomic E-state index is 12.2. The van der Waals surface area contributed by atoms with Crippen LogP contribution in [0.1, 0.15) is 0 Å². The van der Waals surface area contributed by atoms with Gasteiger partial charge in [0, 0.05) is 22.9 Å². The fourth-order valence-corrected chi connectivity index (χ4v) is 3.84. The first kappa shape index (κ1) is 19.5. The average Bonchev–Trinajstić information content (AvgIpc) is 3.13. The number of halogens is 3. The number of ether oxygens (including phenoxy) is 1. The summed E-state index contributed by atoms with van der Waals surface area (Å²) in [5, 5.41) is 0.865. The highest BCUT2D eigenvalue weighted by Gasteiger charge is 2.30. The number of rotatable bonds is 6. The molecule has 0 amide bonds. The second-order valence-electron chi connectivity index (χ2n) is 5.73. The van der Waals surface area contributed by atoms with Crippen LogP contribution in [0.25, 0.3) is 20.8 Å². The number of hydrogen-bond donors (Lipinski definition) is 1. The molecule has 4 rings (SSSR count). The van der Waals surface area contributed by atoms with Crippen molar-refractivity contribution in [3.8, 4) is 16.3 Å². The number of aromatic nitrogens is 2. The molecule has 148 valence electrons. The topological polar surface area (TPSA) is 56.3 Å². The number of nitrogens with zero attached hydrogens (tertiary/aromatic N) is 2. The molecule has 2 aromatic carbocycles. The maximum atomic E-state index is 12.2.